The summed E-state index contributed by atoms with van der Waals surface area (Å²) in [6.45, 7) is 10.2. The minimum atomic E-state index is 0. The molecule has 2 aliphatic heterocycles. The summed E-state index contributed by atoms with van der Waals surface area (Å²) in [5, 5.41) is 7.41. The minimum Gasteiger partial charge on any atom is -0.377 e. The second kappa shape index (κ2) is 10.6. The van der Waals surface area contributed by atoms with Gasteiger partial charge in [-0.15, -0.1) is 24.0 Å². The number of guanidine groups is 1. The lowest BCUT2D eigenvalue weighted by atomic mass is 9.57. The Morgan fingerprint density at radius 1 is 1.13 bits per heavy atom. The maximum Gasteiger partial charge on any atom is 0.225 e. The molecule has 2 saturated carbocycles. The van der Waals surface area contributed by atoms with E-state index in [-0.39, 0.29) is 35.3 Å². The number of ether oxygens (including phenoxy) is 1. The number of nitrogens with one attached hydrogen (secondary N) is 2. The Bertz CT molecular complexity index is 618. The third-order valence-corrected chi connectivity index (χ3v) is 8.39. The molecule has 0 spiro atoms. The molecule has 0 aromatic rings. The number of aliphatic imine (C=N–C) groups is 1. The van der Waals surface area contributed by atoms with E-state index in [4.69, 9.17) is 9.73 Å². The van der Waals surface area contributed by atoms with Crippen LogP contribution in [0.5, 0.6) is 0 Å². The van der Waals surface area contributed by atoms with Crippen molar-refractivity contribution < 1.29 is 9.53 Å². The molecule has 3 atom stereocenters. The van der Waals surface area contributed by atoms with Gasteiger partial charge in [0.2, 0.25) is 5.91 Å². The van der Waals surface area contributed by atoms with Crippen molar-refractivity contribution in [2.24, 2.45) is 22.2 Å². The van der Waals surface area contributed by atoms with Crippen LogP contribution in [0.1, 0.15) is 52.9 Å². The van der Waals surface area contributed by atoms with Crippen LogP contribution in [0, 0.1) is 17.3 Å². The third kappa shape index (κ3) is 5.05. The second-order valence-electron chi connectivity index (χ2n) is 9.64. The molecule has 2 N–H and O–H groups in total. The largest absolute Gasteiger partial charge is 0.377 e. The monoisotopic (exact) mass is 550 g/mol. The zero-order chi connectivity index (χ0) is 20.4. The van der Waals surface area contributed by atoms with Crippen LogP contribution in [-0.4, -0.2) is 72.7 Å². The van der Waals surface area contributed by atoms with Crippen LogP contribution in [0.3, 0.4) is 0 Å². The fourth-order valence-corrected chi connectivity index (χ4v) is 6.68. The molecule has 8 heteroatoms. The van der Waals surface area contributed by atoms with Gasteiger partial charge in [-0.05, 0) is 39.0 Å². The summed E-state index contributed by atoms with van der Waals surface area (Å²) in [5.74, 6) is 4.35. The first-order valence-electron chi connectivity index (χ1n) is 11.6. The number of carbonyl (C=O) groups is 1. The molecule has 2 aliphatic carbocycles. The molecule has 2 heterocycles. The van der Waals surface area contributed by atoms with Gasteiger partial charge in [0.05, 0.1) is 6.10 Å². The number of hydrogen-bond acceptors (Lipinski definition) is 4. The summed E-state index contributed by atoms with van der Waals surface area (Å²) in [6.07, 6.45) is 5.62. The molecule has 0 radical (unpaired) electrons. The molecule has 2 saturated heterocycles. The molecule has 4 rings (SSSR count). The topological polar surface area (TPSA) is 66.0 Å². The first kappa shape index (κ1) is 24.4. The van der Waals surface area contributed by atoms with Crippen LogP contribution in [-0.2, 0) is 9.53 Å². The number of thioether (sulfide) groups is 1. The third-order valence-electron chi connectivity index (χ3n) is 7.45. The Labute approximate surface area is 203 Å². The van der Waals surface area contributed by atoms with E-state index in [1.54, 1.807) is 0 Å². The van der Waals surface area contributed by atoms with E-state index in [1.165, 1.54) is 0 Å². The molecule has 4 fully saturated rings. The first-order valence-corrected chi connectivity index (χ1v) is 12.7. The van der Waals surface area contributed by atoms with Gasteiger partial charge < -0.3 is 20.3 Å². The molecule has 1 amide bonds. The van der Waals surface area contributed by atoms with Crippen LogP contribution in [0.15, 0.2) is 4.99 Å². The van der Waals surface area contributed by atoms with Crippen molar-refractivity contribution >= 4 is 47.6 Å². The SMILES string of the molecule is CCN=C(NC1CCC(C(=O)N2CCSCC2)CC1)NC1C2CCOC2C1(C)C.I. The molecule has 3 unspecified atom stereocenters. The fourth-order valence-electron chi connectivity index (χ4n) is 5.78. The van der Waals surface area contributed by atoms with E-state index < -0.39 is 0 Å². The van der Waals surface area contributed by atoms with E-state index in [9.17, 15) is 4.79 Å². The summed E-state index contributed by atoms with van der Waals surface area (Å²) in [5.41, 5.74) is 0.147. The zero-order valence-corrected chi connectivity index (χ0v) is 21.8. The smallest absolute Gasteiger partial charge is 0.225 e. The molecule has 0 aromatic heterocycles. The Kier molecular flexibility index (Phi) is 8.63. The van der Waals surface area contributed by atoms with E-state index >= 15 is 0 Å². The Balaban J connectivity index is 0.00000256. The van der Waals surface area contributed by atoms with Gasteiger partial charge in [0.1, 0.15) is 0 Å². The molecule has 172 valence electrons. The van der Waals surface area contributed by atoms with Crippen molar-refractivity contribution in [1.82, 2.24) is 15.5 Å². The maximum atomic E-state index is 12.8. The van der Waals surface area contributed by atoms with Gasteiger partial charge in [0.25, 0.3) is 0 Å². The number of carbonyl (C=O) groups excluding carboxylic acids is 1. The van der Waals surface area contributed by atoms with Crippen molar-refractivity contribution in [3.63, 3.8) is 0 Å². The van der Waals surface area contributed by atoms with Crippen molar-refractivity contribution in [2.75, 3.05) is 37.7 Å². The highest BCUT2D eigenvalue weighted by Gasteiger charge is 2.59. The standard InChI is InChI=1S/C22H38N4O2S.HI/c1-4-23-21(25-18-17-9-12-28-19(17)22(18,2)3)24-16-7-5-15(6-8-16)20(27)26-10-13-29-14-11-26;/h15-19H,4-14H2,1-3H3,(H2,23,24,25);1H. The second-order valence-corrected chi connectivity index (χ2v) is 10.9. The lowest BCUT2D eigenvalue weighted by molar-refractivity contribution is -0.136. The Morgan fingerprint density at radius 2 is 1.83 bits per heavy atom. The lowest BCUT2D eigenvalue weighted by Crippen LogP contribution is -2.68. The number of rotatable bonds is 4. The van der Waals surface area contributed by atoms with Crippen molar-refractivity contribution in [3.05, 3.63) is 0 Å². The minimum absolute atomic E-state index is 0. The molecule has 4 aliphatic rings. The van der Waals surface area contributed by atoms with E-state index in [1.807, 2.05) is 11.8 Å². The summed E-state index contributed by atoms with van der Waals surface area (Å²) >= 11 is 1.96. The molecular formula is C22H39IN4O2S. The molecule has 6 nitrogen and oxygen atoms in total. The van der Waals surface area contributed by atoms with Crippen LogP contribution in [0.2, 0.25) is 0 Å². The van der Waals surface area contributed by atoms with Crippen LogP contribution in [0.4, 0.5) is 0 Å². The highest BCUT2D eigenvalue weighted by atomic mass is 127. The van der Waals surface area contributed by atoms with Crippen LogP contribution >= 0.6 is 35.7 Å². The normalized spacial score (nSPS) is 35.6. The summed E-state index contributed by atoms with van der Waals surface area (Å²) in [6, 6.07) is 0.829. The average molecular weight is 551 g/mol. The van der Waals surface area contributed by atoms with Gasteiger partial charge >= 0.3 is 0 Å². The predicted octanol–water partition coefficient (Wildman–Crippen LogP) is 3.11. The van der Waals surface area contributed by atoms with Gasteiger partial charge in [-0.1, -0.05) is 13.8 Å². The van der Waals surface area contributed by atoms with Gasteiger partial charge in [-0.3, -0.25) is 9.79 Å². The van der Waals surface area contributed by atoms with Crippen molar-refractivity contribution in [2.45, 2.75) is 71.1 Å². The average Bonchev–Trinajstić information content (AvgIpc) is 3.20. The number of nitrogens with zero attached hydrogens (tertiary/aromatic N) is 2. The van der Waals surface area contributed by atoms with Crippen LogP contribution in [0.25, 0.3) is 0 Å². The van der Waals surface area contributed by atoms with Gasteiger partial charge in [-0.25, -0.2) is 0 Å². The number of amides is 1. The van der Waals surface area contributed by atoms with Crippen molar-refractivity contribution in [1.29, 1.82) is 0 Å². The van der Waals surface area contributed by atoms with Gasteiger partial charge in [0, 0.05) is 67.1 Å². The highest BCUT2D eigenvalue weighted by Crippen LogP contribution is 2.52. The molecule has 30 heavy (non-hydrogen) atoms. The van der Waals surface area contributed by atoms with Gasteiger partial charge in [0.15, 0.2) is 5.96 Å². The first-order chi connectivity index (χ1) is 14.0. The fraction of sp³-hybridized carbons (Fsp3) is 0.909. The van der Waals surface area contributed by atoms with E-state index in [0.29, 0.717) is 30.0 Å². The Hall–Kier alpha value is -0.220. The number of hydrogen-bond donors (Lipinski definition) is 2. The van der Waals surface area contributed by atoms with Crippen molar-refractivity contribution in [3.8, 4) is 0 Å². The summed E-state index contributed by atoms with van der Waals surface area (Å²) in [4.78, 5) is 19.6. The zero-order valence-electron chi connectivity index (χ0n) is 18.7. The van der Waals surface area contributed by atoms with E-state index in [2.05, 4.69) is 36.3 Å². The van der Waals surface area contributed by atoms with Crippen LogP contribution < -0.4 is 10.6 Å². The maximum absolute atomic E-state index is 12.8. The predicted molar refractivity (Wildman–Crippen MR) is 135 cm³/mol. The number of fused-ring (bicyclic) bond motifs is 1. The molecule has 0 bridgehead atoms. The molecule has 0 aromatic carbocycles. The quantitative estimate of drug-likeness (QED) is 0.320. The van der Waals surface area contributed by atoms with E-state index in [0.717, 1.165) is 75.8 Å². The summed E-state index contributed by atoms with van der Waals surface area (Å²) < 4.78 is 5.94. The molecular weight excluding hydrogens is 511 g/mol. The summed E-state index contributed by atoms with van der Waals surface area (Å²) in [7, 11) is 0. The highest BCUT2D eigenvalue weighted by molar-refractivity contribution is 14.0. The van der Waals surface area contributed by atoms with Gasteiger partial charge in [-0.2, -0.15) is 11.8 Å². The Morgan fingerprint density at radius 3 is 2.50 bits per heavy atom. The number of halogens is 1. The lowest BCUT2D eigenvalue weighted by Gasteiger charge is -2.55.